The Morgan fingerprint density at radius 1 is 1.32 bits per heavy atom. The number of amides is 2. The van der Waals surface area contributed by atoms with Gasteiger partial charge in [-0.25, -0.2) is 9.59 Å². The van der Waals surface area contributed by atoms with Crippen molar-refractivity contribution in [3.8, 4) is 0 Å². The first-order chi connectivity index (χ1) is 8.66. The summed E-state index contributed by atoms with van der Waals surface area (Å²) in [5, 5.41) is 12.0. The maximum atomic E-state index is 12.1. The summed E-state index contributed by atoms with van der Waals surface area (Å²) in [7, 11) is 1.68. The second-order valence-electron chi connectivity index (χ2n) is 6.35. The molecule has 2 amide bonds. The highest BCUT2D eigenvalue weighted by molar-refractivity contribution is 5.86. The summed E-state index contributed by atoms with van der Waals surface area (Å²) in [6.45, 7) is 7.35. The number of aliphatic carboxylic acids is 1. The quantitative estimate of drug-likeness (QED) is 0.812. The van der Waals surface area contributed by atoms with Crippen molar-refractivity contribution >= 4 is 12.0 Å². The van der Waals surface area contributed by atoms with Gasteiger partial charge in [0, 0.05) is 39.6 Å². The number of carbonyl (C=O) groups excluding carboxylic acids is 1. The molecule has 110 valence electrons. The van der Waals surface area contributed by atoms with Gasteiger partial charge in [-0.05, 0) is 5.41 Å². The van der Waals surface area contributed by atoms with E-state index in [-0.39, 0.29) is 11.4 Å². The largest absolute Gasteiger partial charge is 0.480 e. The molecule has 0 radical (unpaired) electrons. The van der Waals surface area contributed by atoms with Gasteiger partial charge in [0.25, 0.3) is 0 Å². The summed E-state index contributed by atoms with van der Waals surface area (Å²) >= 11 is 0. The maximum Gasteiger partial charge on any atom is 0.329 e. The fourth-order valence-electron chi connectivity index (χ4n) is 2.20. The van der Waals surface area contributed by atoms with Gasteiger partial charge in [-0.3, -0.25) is 0 Å². The number of carboxylic acids is 1. The molecule has 0 saturated carbocycles. The van der Waals surface area contributed by atoms with Crippen molar-refractivity contribution in [3.05, 3.63) is 0 Å². The number of carbonyl (C=O) groups is 2. The van der Waals surface area contributed by atoms with E-state index in [1.54, 1.807) is 7.05 Å². The predicted octanol–water partition coefficient (Wildman–Crippen LogP) is 1.31. The molecule has 0 aromatic heterocycles. The minimum atomic E-state index is -1.19. The first-order valence-electron chi connectivity index (χ1n) is 6.51. The molecule has 0 bridgehead atoms. The van der Waals surface area contributed by atoms with Gasteiger partial charge in [-0.1, -0.05) is 20.8 Å². The number of hydrogen-bond acceptors (Lipinski definition) is 3. The molecule has 1 heterocycles. The van der Waals surface area contributed by atoms with Crippen LogP contribution in [0.4, 0.5) is 4.79 Å². The molecule has 0 aromatic rings. The zero-order valence-electron chi connectivity index (χ0n) is 12.2. The van der Waals surface area contributed by atoms with E-state index in [1.165, 1.54) is 4.90 Å². The summed E-state index contributed by atoms with van der Waals surface area (Å²) in [6.07, 6.45) is 0.606. The Labute approximate surface area is 114 Å². The van der Waals surface area contributed by atoms with Crippen LogP contribution in [-0.2, 0) is 9.53 Å². The van der Waals surface area contributed by atoms with Gasteiger partial charge in [0.1, 0.15) is 5.54 Å². The molecule has 6 nitrogen and oxygen atoms in total. The summed E-state index contributed by atoms with van der Waals surface area (Å²) in [6, 6.07) is -0.348. The van der Waals surface area contributed by atoms with Crippen LogP contribution in [0.5, 0.6) is 0 Å². The molecule has 0 spiro atoms. The Morgan fingerprint density at radius 2 is 1.84 bits per heavy atom. The van der Waals surface area contributed by atoms with E-state index in [2.05, 4.69) is 5.32 Å². The van der Waals surface area contributed by atoms with Crippen LogP contribution in [0, 0.1) is 5.41 Å². The van der Waals surface area contributed by atoms with E-state index < -0.39 is 11.5 Å². The summed E-state index contributed by atoms with van der Waals surface area (Å²) < 4.78 is 5.17. The Hall–Kier alpha value is -1.30. The highest BCUT2D eigenvalue weighted by atomic mass is 16.5. The van der Waals surface area contributed by atoms with Crippen LogP contribution in [-0.4, -0.2) is 54.4 Å². The first kappa shape index (κ1) is 15.8. The Bertz CT molecular complexity index is 343. The molecule has 0 aliphatic carbocycles. The van der Waals surface area contributed by atoms with Crippen molar-refractivity contribution in [3.63, 3.8) is 0 Å². The van der Waals surface area contributed by atoms with Crippen molar-refractivity contribution in [2.75, 3.05) is 26.8 Å². The highest BCUT2D eigenvalue weighted by Crippen LogP contribution is 2.22. The van der Waals surface area contributed by atoms with Crippen LogP contribution >= 0.6 is 0 Å². The molecular weight excluding hydrogens is 248 g/mol. The molecule has 0 atom stereocenters. The van der Waals surface area contributed by atoms with Crippen molar-refractivity contribution in [1.29, 1.82) is 0 Å². The van der Waals surface area contributed by atoms with Crippen LogP contribution in [0.1, 0.15) is 33.6 Å². The lowest BCUT2D eigenvalue weighted by atomic mass is 9.90. The molecule has 6 heteroatoms. The van der Waals surface area contributed by atoms with Gasteiger partial charge in [-0.2, -0.15) is 0 Å². The van der Waals surface area contributed by atoms with Crippen LogP contribution < -0.4 is 5.32 Å². The molecular formula is C13H24N2O4. The third-order valence-corrected chi connectivity index (χ3v) is 3.16. The first-order valence-corrected chi connectivity index (χ1v) is 6.51. The lowest BCUT2D eigenvalue weighted by Crippen LogP contribution is -2.60. The average Bonchev–Trinajstić information content (AvgIpc) is 2.27. The predicted molar refractivity (Wildman–Crippen MR) is 71.0 cm³/mol. The number of carboxylic acid groups (broad SMARTS) is 1. The van der Waals surface area contributed by atoms with E-state index in [9.17, 15) is 14.7 Å². The summed E-state index contributed by atoms with van der Waals surface area (Å²) in [5.74, 6) is -0.992. The third-order valence-electron chi connectivity index (χ3n) is 3.16. The van der Waals surface area contributed by atoms with Crippen LogP contribution in [0.25, 0.3) is 0 Å². The molecule has 1 saturated heterocycles. The molecule has 0 aromatic carbocycles. The minimum Gasteiger partial charge on any atom is -0.480 e. The van der Waals surface area contributed by atoms with Gasteiger partial charge >= 0.3 is 12.0 Å². The molecule has 2 N–H and O–H groups in total. The normalized spacial score (nSPS) is 18.7. The van der Waals surface area contributed by atoms with Crippen molar-refractivity contribution < 1.29 is 19.4 Å². The zero-order chi connectivity index (χ0) is 14.7. The standard InChI is InChI=1S/C13H24N2O4/c1-12(2,3)9-15(4)11(18)14-13(10(16)17)5-7-19-8-6-13/h5-9H2,1-4H3,(H,14,18)(H,16,17). The van der Waals surface area contributed by atoms with E-state index in [0.29, 0.717) is 32.6 Å². The van der Waals surface area contributed by atoms with Gasteiger partial charge < -0.3 is 20.1 Å². The van der Waals surface area contributed by atoms with E-state index in [4.69, 9.17) is 4.74 Å². The molecule has 1 fully saturated rings. The van der Waals surface area contributed by atoms with Gasteiger partial charge in [0.2, 0.25) is 0 Å². The second-order valence-corrected chi connectivity index (χ2v) is 6.35. The van der Waals surface area contributed by atoms with Crippen molar-refractivity contribution in [2.24, 2.45) is 5.41 Å². The average molecular weight is 272 g/mol. The van der Waals surface area contributed by atoms with Crippen LogP contribution in [0.3, 0.4) is 0 Å². The van der Waals surface area contributed by atoms with Gasteiger partial charge in [0.05, 0.1) is 0 Å². The minimum absolute atomic E-state index is 0.0296. The third kappa shape index (κ3) is 4.38. The molecule has 1 aliphatic heterocycles. The van der Waals surface area contributed by atoms with Crippen LogP contribution in [0.15, 0.2) is 0 Å². The summed E-state index contributed by atoms with van der Waals surface area (Å²) in [4.78, 5) is 25.1. The fraction of sp³-hybridized carbons (Fsp3) is 0.846. The fourth-order valence-corrected chi connectivity index (χ4v) is 2.20. The number of hydrogen-bond donors (Lipinski definition) is 2. The van der Waals surface area contributed by atoms with E-state index in [0.717, 1.165) is 0 Å². The van der Waals surface area contributed by atoms with E-state index >= 15 is 0 Å². The Kier molecular flexibility index (Phi) is 4.79. The SMILES string of the molecule is CN(CC(C)(C)C)C(=O)NC1(C(=O)O)CCOCC1. The Balaban J connectivity index is 2.69. The topological polar surface area (TPSA) is 78.9 Å². The Morgan fingerprint density at radius 3 is 2.26 bits per heavy atom. The van der Waals surface area contributed by atoms with Crippen LogP contribution in [0.2, 0.25) is 0 Å². The maximum absolute atomic E-state index is 12.1. The summed E-state index contributed by atoms with van der Waals surface area (Å²) in [5.41, 5.74) is -1.22. The van der Waals surface area contributed by atoms with Gasteiger partial charge in [0.15, 0.2) is 0 Å². The zero-order valence-corrected chi connectivity index (χ0v) is 12.2. The van der Waals surface area contributed by atoms with E-state index in [1.807, 2.05) is 20.8 Å². The highest BCUT2D eigenvalue weighted by Gasteiger charge is 2.42. The number of urea groups is 1. The number of nitrogens with one attached hydrogen (secondary N) is 1. The monoisotopic (exact) mass is 272 g/mol. The number of ether oxygens (including phenoxy) is 1. The molecule has 0 unspecified atom stereocenters. The smallest absolute Gasteiger partial charge is 0.329 e. The lowest BCUT2D eigenvalue weighted by Gasteiger charge is -2.36. The van der Waals surface area contributed by atoms with Crippen molar-refractivity contribution in [2.45, 2.75) is 39.2 Å². The second kappa shape index (κ2) is 5.77. The lowest BCUT2D eigenvalue weighted by molar-refractivity contribution is -0.148. The molecule has 1 rings (SSSR count). The molecule has 19 heavy (non-hydrogen) atoms. The van der Waals surface area contributed by atoms with Gasteiger partial charge in [-0.15, -0.1) is 0 Å². The number of rotatable bonds is 3. The molecule has 1 aliphatic rings. The van der Waals surface area contributed by atoms with Crippen molar-refractivity contribution in [1.82, 2.24) is 10.2 Å². The number of nitrogens with zero attached hydrogens (tertiary/aromatic N) is 1.